The molecule has 0 aromatic carbocycles. The van der Waals surface area contributed by atoms with Gasteiger partial charge >= 0.3 is 0 Å². The van der Waals surface area contributed by atoms with Crippen LogP contribution in [0, 0.1) is 5.41 Å². The fourth-order valence-electron chi connectivity index (χ4n) is 1.56. The molecule has 1 aliphatic carbocycles. The molecule has 10 heavy (non-hydrogen) atoms. The molecule has 0 aliphatic heterocycles. The largest absolute Gasteiger partial charge is 0.389 e. The smallest absolute Gasteiger partial charge is 0.0758 e. The van der Waals surface area contributed by atoms with E-state index in [1.54, 1.807) is 0 Å². The molecule has 1 N–H and O–H groups in total. The lowest BCUT2D eigenvalue weighted by Crippen LogP contribution is -2.07. The van der Waals surface area contributed by atoms with Crippen LogP contribution in [0.5, 0.6) is 0 Å². The number of rotatable bonds is 2. The van der Waals surface area contributed by atoms with Crippen LogP contribution in [0.15, 0.2) is 11.1 Å². The van der Waals surface area contributed by atoms with Gasteiger partial charge in [0.25, 0.3) is 0 Å². The van der Waals surface area contributed by atoms with Crippen molar-refractivity contribution in [3.8, 4) is 0 Å². The summed E-state index contributed by atoms with van der Waals surface area (Å²) in [4.78, 5) is 0. The van der Waals surface area contributed by atoms with E-state index >= 15 is 0 Å². The first-order valence-electron chi connectivity index (χ1n) is 3.91. The van der Waals surface area contributed by atoms with Gasteiger partial charge in [-0.2, -0.15) is 0 Å². The van der Waals surface area contributed by atoms with E-state index in [1.807, 2.05) is 6.92 Å². The molecule has 0 saturated carbocycles. The maximum absolute atomic E-state index is 9.45. The number of allylic oxidation sites excluding steroid dienone is 1. The van der Waals surface area contributed by atoms with Gasteiger partial charge in [0, 0.05) is 5.41 Å². The molecule has 0 saturated heterocycles. The van der Waals surface area contributed by atoms with Crippen LogP contribution in [0.25, 0.3) is 0 Å². The van der Waals surface area contributed by atoms with Crippen LogP contribution in [0.1, 0.15) is 34.1 Å². The Labute approximate surface area is 62.8 Å². The van der Waals surface area contributed by atoms with Gasteiger partial charge in [-0.25, -0.2) is 0 Å². The zero-order valence-corrected chi connectivity index (χ0v) is 7.23. The molecule has 0 spiro atoms. The van der Waals surface area contributed by atoms with Gasteiger partial charge in [0.15, 0.2) is 0 Å². The molecule has 1 heteroatoms. The summed E-state index contributed by atoms with van der Waals surface area (Å²) < 4.78 is 0. The second-order valence-electron chi connectivity index (χ2n) is 3.59. The third-order valence-corrected chi connectivity index (χ3v) is 2.67. The van der Waals surface area contributed by atoms with E-state index in [2.05, 4.69) is 20.8 Å². The average molecular weight is 140 g/mol. The number of hydrogen-bond acceptors (Lipinski definition) is 1. The summed E-state index contributed by atoms with van der Waals surface area (Å²) >= 11 is 0. The summed E-state index contributed by atoms with van der Waals surface area (Å²) in [7, 11) is 0. The third kappa shape index (κ3) is 0.891. The minimum atomic E-state index is -0.185. The molecule has 0 bridgehead atoms. The molecule has 58 valence electrons. The Hall–Kier alpha value is -0.300. The molecule has 0 heterocycles. The van der Waals surface area contributed by atoms with Crippen LogP contribution >= 0.6 is 0 Å². The van der Waals surface area contributed by atoms with Crippen LogP contribution in [0.3, 0.4) is 0 Å². The first-order valence-corrected chi connectivity index (χ1v) is 3.91. The van der Waals surface area contributed by atoms with E-state index in [4.69, 9.17) is 0 Å². The van der Waals surface area contributed by atoms with E-state index in [1.165, 1.54) is 11.1 Å². The van der Waals surface area contributed by atoms with Gasteiger partial charge in [-0.1, -0.05) is 26.3 Å². The Balaban J connectivity index is 2.62. The second kappa shape index (κ2) is 2.09. The van der Waals surface area contributed by atoms with Gasteiger partial charge in [-0.3, -0.25) is 0 Å². The predicted molar refractivity (Wildman–Crippen MR) is 42.8 cm³/mol. The van der Waals surface area contributed by atoms with Gasteiger partial charge in [0.2, 0.25) is 0 Å². The molecule has 1 atom stereocenters. The van der Waals surface area contributed by atoms with Crippen molar-refractivity contribution < 1.29 is 5.11 Å². The van der Waals surface area contributed by atoms with Crippen molar-refractivity contribution in [1.82, 2.24) is 0 Å². The summed E-state index contributed by atoms with van der Waals surface area (Å²) in [5.74, 6) is 0. The molecule has 0 fully saturated rings. The van der Waals surface area contributed by atoms with Crippen LogP contribution in [-0.2, 0) is 0 Å². The standard InChI is InChI=1S/C9H16O/c1-5-7(10)8-6(2)9(8,3)4/h7,10H,5H2,1-4H3. The summed E-state index contributed by atoms with van der Waals surface area (Å²) in [6, 6.07) is 0. The molecule has 0 aromatic rings. The Morgan fingerprint density at radius 3 is 2.00 bits per heavy atom. The summed E-state index contributed by atoms with van der Waals surface area (Å²) in [6.07, 6.45) is 0.658. The van der Waals surface area contributed by atoms with Gasteiger partial charge in [0.1, 0.15) is 0 Å². The Morgan fingerprint density at radius 2 is 1.90 bits per heavy atom. The molecular weight excluding hydrogens is 124 g/mol. The first-order chi connectivity index (χ1) is 4.51. The van der Waals surface area contributed by atoms with Crippen molar-refractivity contribution in [2.75, 3.05) is 0 Å². The van der Waals surface area contributed by atoms with E-state index in [0.29, 0.717) is 0 Å². The maximum atomic E-state index is 9.45. The van der Waals surface area contributed by atoms with E-state index in [-0.39, 0.29) is 11.5 Å². The van der Waals surface area contributed by atoms with E-state index < -0.39 is 0 Å². The average Bonchev–Trinajstić information content (AvgIpc) is 2.33. The predicted octanol–water partition coefficient (Wildman–Crippen LogP) is 2.11. The second-order valence-corrected chi connectivity index (χ2v) is 3.59. The number of hydrogen-bond donors (Lipinski definition) is 1. The highest BCUT2D eigenvalue weighted by Crippen LogP contribution is 2.53. The zero-order chi connectivity index (χ0) is 7.94. The monoisotopic (exact) mass is 140 g/mol. The highest BCUT2D eigenvalue weighted by atomic mass is 16.3. The Kier molecular flexibility index (Phi) is 1.63. The van der Waals surface area contributed by atoms with Gasteiger partial charge in [0.05, 0.1) is 6.10 Å². The number of aliphatic hydroxyl groups excluding tert-OH is 1. The van der Waals surface area contributed by atoms with Crippen molar-refractivity contribution in [2.45, 2.75) is 40.2 Å². The van der Waals surface area contributed by atoms with Crippen LogP contribution in [0.2, 0.25) is 0 Å². The topological polar surface area (TPSA) is 20.2 Å². The SMILES string of the molecule is CCC(O)C1=C(C)C1(C)C. The fraction of sp³-hybridized carbons (Fsp3) is 0.778. The van der Waals surface area contributed by atoms with Crippen molar-refractivity contribution in [1.29, 1.82) is 0 Å². The molecule has 0 amide bonds. The van der Waals surface area contributed by atoms with Crippen molar-refractivity contribution >= 4 is 0 Å². The van der Waals surface area contributed by atoms with Gasteiger partial charge in [-0.15, -0.1) is 0 Å². The fourth-order valence-corrected chi connectivity index (χ4v) is 1.56. The van der Waals surface area contributed by atoms with Crippen molar-refractivity contribution in [3.05, 3.63) is 11.1 Å². The molecule has 1 rings (SSSR count). The Morgan fingerprint density at radius 1 is 1.50 bits per heavy atom. The highest BCUT2D eigenvalue weighted by molar-refractivity contribution is 5.47. The van der Waals surface area contributed by atoms with Crippen LogP contribution in [-0.4, -0.2) is 11.2 Å². The quantitative estimate of drug-likeness (QED) is 0.582. The lowest BCUT2D eigenvalue weighted by molar-refractivity contribution is 0.202. The molecule has 1 aliphatic rings. The van der Waals surface area contributed by atoms with Gasteiger partial charge in [-0.05, 0) is 18.9 Å². The lowest BCUT2D eigenvalue weighted by Gasteiger charge is -2.08. The normalized spacial score (nSPS) is 24.9. The third-order valence-electron chi connectivity index (χ3n) is 2.67. The van der Waals surface area contributed by atoms with Crippen molar-refractivity contribution in [3.63, 3.8) is 0 Å². The molecular formula is C9H16O. The summed E-state index contributed by atoms with van der Waals surface area (Å²) in [5, 5.41) is 9.45. The summed E-state index contributed by atoms with van der Waals surface area (Å²) in [6.45, 7) is 8.45. The van der Waals surface area contributed by atoms with Crippen molar-refractivity contribution in [2.24, 2.45) is 5.41 Å². The molecule has 1 unspecified atom stereocenters. The molecule has 0 radical (unpaired) electrons. The first kappa shape index (κ1) is 7.80. The summed E-state index contributed by atoms with van der Waals surface area (Å²) in [5.41, 5.74) is 2.87. The minimum absolute atomic E-state index is 0.185. The zero-order valence-electron chi connectivity index (χ0n) is 7.23. The lowest BCUT2D eigenvalue weighted by atomic mass is 10.0. The number of aliphatic hydroxyl groups is 1. The minimum Gasteiger partial charge on any atom is -0.389 e. The highest BCUT2D eigenvalue weighted by Gasteiger charge is 2.44. The van der Waals surface area contributed by atoms with E-state index in [0.717, 1.165) is 6.42 Å². The maximum Gasteiger partial charge on any atom is 0.0758 e. The van der Waals surface area contributed by atoms with Gasteiger partial charge < -0.3 is 5.11 Å². The Bertz CT molecular complexity index is 177. The van der Waals surface area contributed by atoms with E-state index in [9.17, 15) is 5.11 Å². The molecule has 0 aromatic heterocycles. The van der Waals surface area contributed by atoms with Crippen LogP contribution in [0.4, 0.5) is 0 Å². The van der Waals surface area contributed by atoms with Crippen LogP contribution < -0.4 is 0 Å². The molecule has 1 nitrogen and oxygen atoms in total.